The Morgan fingerprint density at radius 2 is 1.91 bits per heavy atom. The largest absolute Gasteiger partial charge is 0.399 e. The van der Waals surface area contributed by atoms with Gasteiger partial charge in [-0.25, -0.2) is 4.98 Å². The van der Waals surface area contributed by atoms with E-state index in [9.17, 15) is 0 Å². The van der Waals surface area contributed by atoms with E-state index in [4.69, 9.17) is 15.8 Å². The van der Waals surface area contributed by atoms with Crippen molar-refractivity contribution in [2.45, 2.75) is 12.8 Å². The van der Waals surface area contributed by atoms with Crippen LogP contribution >= 0.6 is 0 Å². The van der Waals surface area contributed by atoms with Crippen molar-refractivity contribution >= 4 is 22.4 Å². The maximum Gasteiger partial charge on any atom is 0.136 e. The summed E-state index contributed by atoms with van der Waals surface area (Å²) in [7, 11) is 0. The lowest BCUT2D eigenvalue weighted by molar-refractivity contribution is 0.286. The van der Waals surface area contributed by atoms with E-state index in [1.807, 2.05) is 42.5 Å². The van der Waals surface area contributed by atoms with Crippen molar-refractivity contribution in [2.75, 3.05) is 24.2 Å². The summed E-state index contributed by atoms with van der Waals surface area (Å²) in [5, 5.41) is 13.2. The van der Waals surface area contributed by atoms with Crippen LogP contribution in [-0.2, 0) is 0 Å². The van der Waals surface area contributed by atoms with Crippen molar-refractivity contribution in [3.8, 4) is 11.3 Å². The molecule has 0 radical (unpaired) electrons. The molecule has 0 fully saturated rings. The maximum atomic E-state index is 8.89. The van der Waals surface area contributed by atoms with Crippen LogP contribution in [0.1, 0.15) is 12.8 Å². The molecule has 1 aromatic carbocycles. The number of aromatic nitrogens is 2. The summed E-state index contributed by atoms with van der Waals surface area (Å²) in [6, 6.07) is 13.6. The van der Waals surface area contributed by atoms with Crippen LogP contribution in [0.3, 0.4) is 0 Å². The van der Waals surface area contributed by atoms with Gasteiger partial charge in [0, 0.05) is 36.0 Å². The molecule has 118 valence electrons. The Bertz CT molecular complexity index is 787. The molecule has 0 spiro atoms. The standard InChI is InChI=1S/C18H20N4O/c19-14-7-5-13(6-8-14)16-12-17-15(4-3-10-20-17)18(22-16)21-9-1-2-11-23/h3-8,10,12,23H,1-2,9,11,19H2,(H,21,22). The van der Waals surface area contributed by atoms with Gasteiger partial charge in [-0.05, 0) is 43.2 Å². The Morgan fingerprint density at radius 1 is 1.09 bits per heavy atom. The lowest BCUT2D eigenvalue weighted by Gasteiger charge is -2.11. The molecule has 23 heavy (non-hydrogen) atoms. The first-order valence-corrected chi connectivity index (χ1v) is 7.74. The molecule has 0 saturated carbocycles. The minimum Gasteiger partial charge on any atom is -0.399 e. The van der Waals surface area contributed by atoms with E-state index < -0.39 is 0 Å². The van der Waals surface area contributed by atoms with Crippen molar-refractivity contribution in [2.24, 2.45) is 0 Å². The highest BCUT2D eigenvalue weighted by Crippen LogP contribution is 2.27. The van der Waals surface area contributed by atoms with Gasteiger partial charge in [0.15, 0.2) is 0 Å². The van der Waals surface area contributed by atoms with Gasteiger partial charge in [-0.2, -0.15) is 0 Å². The molecule has 5 nitrogen and oxygen atoms in total. The van der Waals surface area contributed by atoms with Gasteiger partial charge in [-0.1, -0.05) is 12.1 Å². The number of pyridine rings is 2. The van der Waals surface area contributed by atoms with Gasteiger partial charge in [0.05, 0.1) is 11.2 Å². The molecule has 0 aliphatic carbocycles. The smallest absolute Gasteiger partial charge is 0.136 e. The molecular formula is C18H20N4O. The third-order valence-corrected chi connectivity index (χ3v) is 3.68. The highest BCUT2D eigenvalue weighted by molar-refractivity contribution is 5.91. The lowest BCUT2D eigenvalue weighted by atomic mass is 10.1. The number of hydrogen-bond acceptors (Lipinski definition) is 5. The van der Waals surface area contributed by atoms with Gasteiger partial charge in [0.2, 0.25) is 0 Å². The average molecular weight is 308 g/mol. The van der Waals surface area contributed by atoms with Crippen LogP contribution in [0, 0.1) is 0 Å². The SMILES string of the molecule is Nc1ccc(-c2cc3ncccc3c(NCCCCO)n2)cc1. The summed E-state index contributed by atoms with van der Waals surface area (Å²) in [5.74, 6) is 0.820. The van der Waals surface area contributed by atoms with Crippen molar-refractivity contribution in [3.05, 3.63) is 48.7 Å². The van der Waals surface area contributed by atoms with Gasteiger partial charge in [0.25, 0.3) is 0 Å². The number of hydrogen-bond donors (Lipinski definition) is 3. The van der Waals surface area contributed by atoms with Gasteiger partial charge < -0.3 is 16.2 Å². The number of nitrogen functional groups attached to an aromatic ring is 1. The molecule has 0 saturated heterocycles. The molecule has 5 heteroatoms. The van der Waals surface area contributed by atoms with Crippen molar-refractivity contribution < 1.29 is 5.11 Å². The van der Waals surface area contributed by atoms with Crippen LogP contribution in [0.25, 0.3) is 22.2 Å². The number of unbranched alkanes of at least 4 members (excludes halogenated alkanes) is 1. The Hall–Kier alpha value is -2.66. The third-order valence-electron chi connectivity index (χ3n) is 3.68. The minimum absolute atomic E-state index is 0.211. The number of fused-ring (bicyclic) bond motifs is 1. The number of nitrogens with two attached hydrogens (primary N) is 1. The fourth-order valence-electron chi connectivity index (χ4n) is 2.46. The first-order chi connectivity index (χ1) is 11.3. The second kappa shape index (κ2) is 7.07. The van der Waals surface area contributed by atoms with E-state index in [1.54, 1.807) is 6.20 Å². The summed E-state index contributed by atoms with van der Waals surface area (Å²) < 4.78 is 0. The van der Waals surface area contributed by atoms with Crippen LogP contribution in [-0.4, -0.2) is 28.2 Å². The highest BCUT2D eigenvalue weighted by atomic mass is 16.2. The highest BCUT2D eigenvalue weighted by Gasteiger charge is 2.08. The van der Waals surface area contributed by atoms with E-state index >= 15 is 0 Å². The van der Waals surface area contributed by atoms with Crippen LogP contribution in [0.15, 0.2) is 48.7 Å². The normalized spacial score (nSPS) is 10.8. The molecule has 0 aliphatic heterocycles. The van der Waals surface area contributed by atoms with Gasteiger partial charge in [-0.3, -0.25) is 4.98 Å². The van der Waals surface area contributed by atoms with Crippen LogP contribution in [0.4, 0.5) is 11.5 Å². The molecule has 2 aromatic heterocycles. The number of aliphatic hydroxyl groups excluding tert-OH is 1. The van der Waals surface area contributed by atoms with Crippen LogP contribution in [0.2, 0.25) is 0 Å². The van der Waals surface area contributed by atoms with E-state index in [1.165, 1.54) is 0 Å². The number of benzene rings is 1. The predicted molar refractivity (Wildman–Crippen MR) is 94.2 cm³/mol. The molecule has 3 aromatic rings. The van der Waals surface area contributed by atoms with Crippen molar-refractivity contribution in [1.29, 1.82) is 0 Å². The van der Waals surface area contributed by atoms with Crippen molar-refractivity contribution in [3.63, 3.8) is 0 Å². The van der Waals surface area contributed by atoms with E-state index in [2.05, 4.69) is 10.3 Å². The fraction of sp³-hybridized carbons (Fsp3) is 0.222. The molecule has 4 N–H and O–H groups in total. The van der Waals surface area contributed by atoms with E-state index in [0.29, 0.717) is 0 Å². The summed E-state index contributed by atoms with van der Waals surface area (Å²) >= 11 is 0. The topological polar surface area (TPSA) is 84.1 Å². The van der Waals surface area contributed by atoms with Crippen LogP contribution in [0.5, 0.6) is 0 Å². The first kappa shape index (κ1) is 15.2. The Labute approximate surface area is 135 Å². The fourth-order valence-corrected chi connectivity index (χ4v) is 2.46. The summed E-state index contributed by atoms with van der Waals surface area (Å²) in [5.41, 5.74) is 9.25. The van der Waals surface area contributed by atoms with Gasteiger partial charge in [0.1, 0.15) is 5.82 Å². The Balaban J connectivity index is 1.97. The molecular weight excluding hydrogens is 288 g/mol. The Morgan fingerprint density at radius 3 is 2.70 bits per heavy atom. The molecule has 0 amide bonds. The number of nitrogens with zero attached hydrogens (tertiary/aromatic N) is 2. The van der Waals surface area contributed by atoms with Crippen LogP contribution < -0.4 is 11.1 Å². The number of anilines is 2. The van der Waals surface area contributed by atoms with Gasteiger partial charge in [-0.15, -0.1) is 0 Å². The first-order valence-electron chi connectivity index (χ1n) is 7.74. The third kappa shape index (κ3) is 3.57. The molecule has 2 heterocycles. The quantitative estimate of drug-likeness (QED) is 0.481. The lowest BCUT2D eigenvalue weighted by Crippen LogP contribution is -2.05. The average Bonchev–Trinajstić information content (AvgIpc) is 2.59. The van der Waals surface area contributed by atoms with Gasteiger partial charge >= 0.3 is 0 Å². The predicted octanol–water partition coefficient (Wildman–Crippen LogP) is 3.06. The summed E-state index contributed by atoms with van der Waals surface area (Å²) in [4.78, 5) is 9.19. The maximum absolute atomic E-state index is 8.89. The zero-order chi connectivity index (χ0) is 16.1. The number of rotatable bonds is 6. The molecule has 0 atom stereocenters. The molecule has 0 aliphatic rings. The van der Waals surface area contributed by atoms with Crippen molar-refractivity contribution in [1.82, 2.24) is 9.97 Å². The summed E-state index contributed by atoms with van der Waals surface area (Å²) in [6.45, 7) is 0.978. The monoisotopic (exact) mass is 308 g/mol. The van der Waals surface area contributed by atoms with E-state index in [0.717, 1.165) is 53.1 Å². The zero-order valence-corrected chi connectivity index (χ0v) is 12.9. The second-order valence-corrected chi connectivity index (χ2v) is 5.41. The second-order valence-electron chi connectivity index (χ2n) is 5.41. The zero-order valence-electron chi connectivity index (χ0n) is 12.9. The molecule has 3 rings (SSSR count). The van der Waals surface area contributed by atoms with E-state index in [-0.39, 0.29) is 6.61 Å². The summed E-state index contributed by atoms with van der Waals surface area (Å²) in [6.07, 6.45) is 3.46. The minimum atomic E-state index is 0.211. The number of nitrogens with one attached hydrogen (secondary N) is 1. The molecule has 0 unspecified atom stereocenters. The number of aliphatic hydroxyl groups is 1. The molecule has 0 bridgehead atoms. The Kier molecular flexibility index (Phi) is 4.68.